The summed E-state index contributed by atoms with van der Waals surface area (Å²) >= 11 is 1.32. The average molecular weight is 216 g/mol. The highest BCUT2D eigenvalue weighted by Crippen LogP contribution is 2.18. The Labute approximate surface area is 90.6 Å². The highest BCUT2D eigenvalue weighted by molar-refractivity contribution is 7.12. The van der Waals surface area contributed by atoms with E-state index in [9.17, 15) is 0 Å². The van der Waals surface area contributed by atoms with E-state index >= 15 is 0 Å². The molecular formula is C10H8N4S. The first-order valence-electron chi connectivity index (χ1n) is 4.30. The molecule has 1 aromatic carbocycles. The van der Waals surface area contributed by atoms with Gasteiger partial charge in [-0.25, -0.2) is 4.68 Å². The van der Waals surface area contributed by atoms with Crippen LogP contribution >= 0.6 is 11.3 Å². The average Bonchev–Trinajstić information content (AvgIpc) is 2.59. The van der Waals surface area contributed by atoms with Crippen molar-refractivity contribution in [3.63, 3.8) is 0 Å². The van der Waals surface area contributed by atoms with Crippen LogP contribution in [0.4, 0.5) is 0 Å². The highest BCUT2D eigenvalue weighted by Gasteiger charge is 2.03. The first-order chi connectivity index (χ1) is 7.20. The van der Waals surface area contributed by atoms with Crippen molar-refractivity contribution in [3.05, 3.63) is 34.6 Å². The van der Waals surface area contributed by atoms with Crippen molar-refractivity contribution < 1.29 is 0 Å². The third-order valence-corrected chi connectivity index (χ3v) is 2.96. The minimum atomic E-state index is 0.411. The quantitative estimate of drug-likeness (QED) is 0.785. The summed E-state index contributed by atoms with van der Waals surface area (Å²) in [6, 6.07) is 9.25. The lowest BCUT2D eigenvalue weighted by Crippen LogP contribution is -2.08. The van der Waals surface area contributed by atoms with Crippen molar-refractivity contribution in [2.45, 2.75) is 0 Å². The van der Waals surface area contributed by atoms with Crippen molar-refractivity contribution in [3.8, 4) is 16.6 Å². The summed E-state index contributed by atoms with van der Waals surface area (Å²) in [7, 11) is 1.74. The molecule has 0 fully saturated rings. The molecule has 5 heteroatoms. The zero-order chi connectivity index (χ0) is 10.8. The third-order valence-electron chi connectivity index (χ3n) is 1.99. The maximum absolute atomic E-state index is 8.65. The van der Waals surface area contributed by atoms with Gasteiger partial charge in [-0.3, -0.25) is 5.41 Å². The van der Waals surface area contributed by atoms with Gasteiger partial charge in [0, 0.05) is 12.6 Å². The van der Waals surface area contributed by atoms with E-state index in [0.717, 1.165) is 10.6 Å². The predicted octanol–water partition coefficient (Wildman–Crippen LogP) is 1.50. The fourth-order valence-corrected chi connectivity index (χ4v) is 1.94. The Morgan fingerprint density at radius 2 is 2.07 bits per heavy atom. The summed E-state index contributed by atoms with van der Waals surface area (Å²) in [5, 5.41) is 21.2. The molecule has 2 rings (SSSR count). The molecule has 0 saturated carbocycles. The molecule has 0 saturated heterocycles. The Kier molecular flexibility index (Phi) is 2.35. The van der Waals surface area contributed by atoms with Crippen molar-refractivity contribution >= 4 is 11.3 Å². The van der Waals surface area contributed by atoms with Gasteiger partial charge in [0.15, 0.2) is 4.80 Å². The number of hydrogen-bond donors (Lipinski definition) is 1. The monoisotopic (exact) mass is 216 g/mol. The molecule has 0 radical (unpaired) electrons. The first-order valence-corrected chi connectivity index (χ1v) is 5.11. The largest absolute Gasteiger partial charge is 0.274 e. The van der Waals surface area contributed by atoms with E-state index < -0.39 is 0 Å². The Bertz CT molecular complexity index is 571. The van der Waals surface area contributed by atoms with Crippen LogP contribution in [0.1, 0.15) is 5.56 Å². The summed E-state index contributed by atoms with van der Waals surface area (Å²) in [4.78, 5) is 0.411. The molecule has 74 valence electrons. The first kappa shape index (κ1) is 9.62. The third kappa shape index (κ3) is 1.80. The molecule has 0 spiro atoms. The molecular weight excluding hydrogens is 208 g/mol. The van der Waals surface area contributed by atoms with E-state index in [2.05, 4.69) is 11.2 Å². The Hall–Kier alpha value is -1.93. The molecule has 1 aromatic heterocycles. The van der Waals surface area contributed by atoms with Crippen LogP contribution in [0.15, 0.2) is 24.3 Å². The van der Waals surface area contributed by atoms with Gasteiger partial charge in [-0.2, -0.15) is 10.4 Å². The van der Waals surface area contributed by atoms with Gasteiger partial charge in [0.1, 0.15) is 5.01 Å². The Morgan fingerprint density at radius 1 is 1.40 bits per heavy atom. The van der Waals surface area contributed by atoms with E-state index in [1.807, 2.05) is 12.1 Å². The number of aryl methyl sites for hydroxylation is 1. The van der Waals surface area contributed by atoms with Crippen LogP contribution in [-0.4, -0.2) is 9.78 Å². The number of nitriles is 1. The molecule has 0 atom stereocenters. The van der Waals surface area contributed by atoms with E-state index in [0.29, 0.717) is 10.4 Å². The Balaban J connectivity index is 2.46. The zero-order valence-corrected chi connectivity index (χ0v) is 8.88. The number of hydrogen-bond acceptors (Lipinski definition) is 4. The summed E-state index contributed by atoms with van der Waals surface area (Å²) in [5.41, 5.74) is 1.57. The van der Waals surface area contributed by atoms with Gasteiger partial charge in [0.2, 0.25) is 0 Å². The molecule has 0 aliphatic carbocycles. The van der Waals surface area contributed by atoms with Gasteiger partial charge in [-0.1, -0.05) is 23.5 Å². The van der Waals surface area contributed by atoms with E-state index in [4.69, 9.17) is 10.7 Å². The van der Waals surface area contributed by atoms with Gasteiger partial charge >= 0.3 is 0 Å². The fourth-order valence-electron chi connectivity index (χ4n) is 1.16. The summed E-state index contributed by atoms with van der Waals surface area (Å²) in [6.45, 7) is 0. The van der Waals surface area contributed by atoms with Crippen LogP contribution < -0.4 is 4.80 Å². The zero-order valence-electron chi connectivity index (χ0n) is 8.06. The molecule has 1 heterocycles. The summed E-state index contributed by atoms with van der Waals surface area (Å²) in [6.07, 6.45) is 0. The smallest absolute Gasteiger partial charge is 0.200 e. The van der Waals surface area contributed by atoms with Crippen molar-refractivity contribution in [1.29, 1.82) is 10.7 Å². The Morgan fingerprint density at radius 3 is 2.53 bits per heavy atom. The standard InChI is InChI=1S/C10H8N4S/c1-14-10(12)15-9(13-14)8-4-2-7(6-11)3-5-8/h2-5,12H,1H3. The van der Waals surface area contributed by atoms with Crippen molar-refractivity contribution in [2.24, 2.45) is 7.05 Å². The second kappa shape index (κ2) is 3.67. The van der Waals surface area contributed by atoms with Gasteiger partial charge < -0.3 is 0 Å². The number of nitrogens with zero attached hydrogens (tertiary/aromatic N) is 3. The van der Waals surface area contributed by atoms with E-state index in [-0.39, 0.29) is 0 Å². The lowest BCUT2D eigenvalue weighted by Gasteiger charge is -1.94. The van der Waals surface area contributed by atoms with Crippen molar-refractivity contribution in [2.75, 3.05) is 0 Å². The molecule has 0 unspecified atom stereocenters. The minimum absolute atomic E-state index is 0.411. The molecule has 4 nitrogen and oxygen atoms in total. The molecule has 0 aliphatic rings. The number of rotatable bonds is 1. The normalized spacial score (nSPS) is 9.87. The number of aromatic nitrogens is 2. The lowest BCUT2D eigenvalue weighted by molar-refractivity contribution is 0.723. The van der Waals surface area contributed by atoms with E-state index in [1.54, 1.807) is 19.2 Å². The lowest BCUT2D eigenvalue weighted by atomic mass is 10.2. The van der Waals surface area contributed by atoms with Crippen LogP contribution in [0.5, 0.6) is 0 Å². The maximum Gasteiger partial charge on any atom is 0.200 e. The van der Waals surface area contributed by atoms with Crippen LogP contribution in [0.3, 0.4) is 0 Å². The summed E-state index contributed by atoms with van der Waals surface area (Å²) < 4.78 is 1.53. The van der Waals surface area contributed by atoms with Gasteiger partial charge in [-0.15, -0.1) is 0 Å². The molecule has 1 N–H and O–H groups in total. The topological polar surface area (TPSA) is 65.5 Å². The summed E-state index contributed by atoms with van der Waals surface area (Å²) in [5.74, 6) is 0. The van der Waals surface area contributed by atoms with Gasteiger partial charge in [0.05, 0.1) is 11.6 Å². The molecule has 2 aromatic rings. The molecule has 0 bridgehead atoms. The maximum atomic E-state index is 8.65. The van der Waals surface area contributed by atoms with Crippen LogP contribution in [0, 0.1) is 16.7 Å². The number of benzene rings is 1. The fraction of sp³-hybridized carbons (Fsp3) is 0.100. The van der Waals surface area contributed by atoms with Gasteiger partial charge in [0.25, 0.3) is 0 Å². The molecule has 0 aliphatic heterocycles. The van der Waals surface area contributed by atoms with Crippen LogP contribution in [-0.2, 0) is 7.05 Å². The van der Waals surface area contributed by atoms with Crippen molar-refractivity contribution in [1.82, 2.24) is 9.78 Å². The SMILES string of the molecule is Cn1nc(-c2ccc(C#N)cc2)sc1=N. The number of nitrogens with one attached hydrogen (secondary N) is 1. The molecule has 0 amide bonds. The molecule has 15 heavy (non-hydrogen) atoms. The van der Waals surface area contributed by atoms with Gasteiger partial charge in [-0.05, 0) is 12.1 Å². The van der Waals surface area contributed by atoms with Crippen LogP contribution in [0.25, 0.3) is 10.6 Å². The minimum Gasteiger partial charge on any atom is -0.274 e. The second-order valence-corrected chi connectivity index (χ2v) is 4.00. The second-order valence-electron chi connectivity index (χ2n) is 3.03. The highest BCUT2D eigenvalue weighted by atomic mass is 32.1. The predicted molar refractivity (Wildman–Crippen MR) is 57.1 cm³/mol. The van der Waals surface area contributed by atoms with E-state index in [1.165, 1.54) is 16.0 Å². The van der Waals surface area contributed by atoms with Crippen LogP contribution in [0.2, 0.25) is 0 Å².